The van der Waals surface area contributed by atoms with Crippen molar-refractivity contribution in [1.29, 1.82) is 0 Å². The van der Waals surface area contributed by atoms with Crippen LogP contribution in [0.1, 0.15) is 39.0 Å². The molecule has 7 aromatic rings. The molecule has 2 aromatic heterocycles. The summed E-state index contributed by atoms with van der Waals surface area (Å²) in [7, 11) is 0. The average Bonchev–Trinajstić information content (AvgIpc) is 3.74. The molecule has 7 rings (SSSR count). The summed E-state index contributed by atoms with van der Waals surface area (Å²) in [4.78, 5) is 30.7. The molecule has 0 aliphatic rings. The van der Waals surface area contributed by atoms with Gasteiger partial charge in [0.15, 0.2) is 0 Å². The number of ether oxygens (including phenoxy) is 1. The zero-order valence-corrected chi connectivity index (χ0v) is 27.4. The van der Waals surface area contributed by atoms with Crippen LogP contribution in [0, 0.1) is 17.5 Å². The molecule has 0 spiro atoms. The average molecular weight is 691 g/mol. The Hall–Kier alpha value is -6.49. The van der Waals surface area contributed by atoms with Gasteiger partial charge >= 0.3 is 0 Å². The maximum atomic E-state index is 14.3. The number of benzene rings is 5. The zero-order valence-electron chi connectivity index (χ0n) is 27.4. The lowest BCUT2D eigenvalue weighted by atomic mass is 10.0. The number of phenols is 1. The van der Waals surface area contributed by atoms with Crippen LogP contribution in [0.15, 0.2) is 115 Å². The van der Waals surface area contributed by atoms with E-state index in [-0.39, 0.29) is 35.7 Å². The molecular weight excluding hydrogens is 657 g/mol. The van der Waals surface area contributed by atoms with E-state index in [1.54, 1.807) is 54.6 Å². The van der Waals surface area contributed by atoms with Gasteiger partial charge in [-0.25, -0.2) is 13.2 Å². The molecule has 51 heavy (non-hydrogen) atoms. The smallest absolute Gasteiger partial charge is 0.267 e. The standard InChI is InChI=1S/C24H20F2N2O2.C16H13FN2O2/c1-2-30-20-8-4-6-16(11-20)21-13-19(26)10-17-12-22(28-23(17)21)24(29)27-14-15-5-3-7-18(25)9-15;17-12-4-5-14-11(7-12)8-15(19-14)16(21)18-9-10-2-1-3-13(20)6-10/h3-13,28H,2,14H2,1H3,(H,27,29);1-8,19-20H,9H2,(H,18,21). The van der Waals surface area contributed by atoms with E-state index in [4.69, 9.17) is 4.74 Å². The number of fused-ring (bicyclic) bond motifs is 2. The summed E-state index contributed by atoms with van der Waals surface area (Å²) in [5.41, 5.74) is 4.89. The second-order valence-electron chi connectivity index (χ2n) is 11.6. The Balaban J connectivity index is 0.000000187. The first-order valence-electron chi connectivity index (χ1n) is 16.1. The van der Waals surface area contributed by atoms with E-state index >= 15 is 0 Å². The number of aromatic hydroxyl groups is 1. The Kier molecular flexibility index (Phi) is 10.4. The molecule has 11 heteroatoms. The van der Waals surface area contributed by atoms with Crippen LogP contribution in [0.5, 0.6) is 11.5 Å². The fourth-order valence-electron chi connectivity index (χ4n) is 5.57. The van der Waals surface area contributed by atoms with Crippen LogP contribution in [0.3, 0.4) is 0 Å². The van der Waals surface area contributed by atoms with E-state index < -0.39 is 5.82 Å². The molecule has 0 bridgehead atoms. The van der Waals surface area contributed by atoms with Crippen molar-refractivity contribution in [1.82, 2.24) is 20.6 Å². The minimum absolute atomic E-state index is 0.155. The predicted molar refractivity (Wildman–Crippen MR) is 190 cm³/mol. The van der Waals surface area contributed by atoms with Gasteiger partial charge in [0.05, 0.1) is 12.1 Å². The van der Waals surface area contributed by atoms with Crippen LogP contribution in [0.4, 0.5) is 13.2 Å². The third-order valence-electron chi connectivity index (χ3n) is 7.93. The Labute approximate surface area is 290 Å². The zero-order chi connectivity index (χ0) is 35.9. The number of nitrogens with one attached hydrogen (secondary N) is 4. The maximum Gasteiger partial charge on any atom is 0.267 e. The summed E-state index contributed by atoms with van der Waals surface area (Å²) in [5, 5.41) is 16.1. The fourth-order valence-corrected chi connectivity index (χ4v) is 5.57. The third kappa shape index (κ3) is 8.57. The van der Waals surface area contributed by atoms with Crippen LogP contribution in [0.25, 0.3) is 32.9 Å². The van der Waals surface area contributed by atoms with Gasteiger partial charge < -0.3 is 30.4 Å². The molecule has 2 heterocycles. The third-order valence-corrected chi connectivity index (χ3v) is 7.93. The number of rotatable bonds is 9. The van der Waals surface area contributed by atoms with Crippen molar-refractivity contribution < 1.29 is 32.6 Å². The number of aromatic nitrogens is 2. The number of phenolic OH excluding ortho intramolecular Hbond substituents is 1. The summed E-state index contributed by atoms with van der Waals surface area (Å²) < 4.78 is 46.2. The molecule has 5 N–H and O–H groups in total. The number of halogens is 3. The molecule has 0 saturated carbocycles. The van der Waals surface area contributed by atoms with E-state index in [1.807, 2.05) is 31.2 Å². The van der Waals surface area contributed by atoms with E-state index in [0.717, 1.165) is 11.1 Å². The summed E-state index contributed by atoms with van der Waals surface area (Å²) in [6, 6.07) is 30.4. The molecule has 0 atom stereocenters. The topological polar surface area (TPSA) is 119 Å². The van der Waals surface area contributed by atoms with Crippen molar-refractivity contribution in [3.8, 4) is 22.6 Å². The highest BCUT2D eigenvalue weighted by atomic mass is 19.1. The minimum atomic E-state index is -0.398. The van der Waals surface area contributed by atoms with Gasteiger partial charge in [-0.1, -0.05) is 36.4 Å². The van der Waals surface area contributed by atoms with Crippen LogP contribution < -0.4 is 15.4 Å². The highest BCUT2D eigenvalue weighted by Gasteiger charge is 2.15. The van der Waals surface area contributed by atoms with Crippen LogP contribution in [0.2, 0.25) is 0 Å². The van der Waals surface area contributed by atoms with E-state index in [9.17, 15) is 27.9 Å². The number of hydrogen-bond donors (Lipinski definition) is 5. The summed E-state index contributed by atoms with van der Waals surface area (Å²) >= 11 is 0. The van der Waals surface area contributed by atoms with Gasteiger partial charge in [0.1, 0.15) is 40.3 Å². The SMILES string of the molecule is CCOc1cccc(-c2cc(F)cc3cc(C(=O)NCc4cccc(F)c4)[nH]c23)c1.O=C(NCc1cccc(O)c1)c1cc2cc(F)ccc2[nH]1. The van der Waals surface area contributed by atoms with Gasteiger partial charge in [0.25, 0.3) is 11.8 Å². The van der Waals surface area contributed by atoms with Gasteiger partial charge in [-0.3, -0.25) is 9.59 Å². The van der Waals surface area contributed by atoms with E-state index in [2.05, 4.69) is 20.6 Å². The van der Waals surface area contributed by atoms with Crippen LogP contribution in [-0.4, -0.2) is 33.5 Å². The normalized spacial score (nSPS) is 10.8. The first-order chi connectivity index (χ1) is 24.6. The molecule has 258 valence electrons. The second-order valence-corrected chi connectivity index (χ2v) is 11.6. The fraction of sp³-hybridized carbons (Fsp3) is 0.100. The lowest BCUT2D eigenvalue weighted by Gasteiger charge is -2.08. The van der Waals surface area contributed by atoms with Crippen molar-refractivity contribution in [2.75, 3.05) is 6.61 Å². The molecule has 0 fully saturated rings. The molecule has 2 amide bonds. The Morgan fingerprint density at radius 3 is 2.04 bits per heavy atom. The molecule has 0 unspecified atom stereocenters. The van der Waals surface area contributed by atoms with Crippen molar-refractivity contribution in [3.63, 3.8) is 0 Å². The Morgan fingerprint density at radius 2 is 1.31 bits per heavy atom. The predicted octanol–water partition coefficient (Wildman–Crippen LogP) is 8.38. The number of carbonyl (C=O) groups is 2. The minimum Gasteiger partial charge on any atom is -0.508 e. The molecule has 8 nitrogen and oxygen atoms in total. The van der Waals surface area contributed by atoms with Crippen molar-refractivity contribution in [2.24, 2.45) is 0 Å². The molecular formula is C40H33F3N4O4. The number of carbonyl (C=O) groups excluding carboxylic acids is 2. The van der Waals surface area contributed by atoms with Gasteiger partial charge in [0.2, 0.25) is 0 Å². The van der Waals surface area contributed by atoms with E-state index in [1.165, 1.54) is 36.4 Å². The number of amides is 2. The first-order valence-corrected chi connectivity index (χ1v) is 16.1. The van der Waals surface area contributed by atoms with Crippen LogP contribution >= 0.6 is 0 Å². The molecule has 0 radical (unpaired) electrons. The largest absolute Gasteiger partial charge is 0.508 e. The summed E-state index contributed by atoms with van der Waals surface area (Å²) in [6.07, 6.45) is 0. The van der Waals surface area contributed by atoms with Crippen molar-refractivity contribution in [2.45, 2.75) is 20.0 Å². The Bertz CT molecular complexity index is 2350. The van der Waals surface area contributed by atoms with E-state index in [0.29, 0.717) is 63.2 Å². The second kappa shape index (κ2) is 15.4. The number of aromatic amines is 2. The van der Waals surface area contributed by atoms with Gasteiger partial charge in [-0.2, -0.15) is 0 Å². The lowest BCUT2D eigenvalue weighted by molar-refractivity contribution is 0.0939. The Morgan fingerprint density at radius 1 is 0.667 bits per heavy atom. The lowest BCUT2D eigenvalue weighted by Crippen LogP contribution is -2.23. The highest BCUT2D eigenvalue weighted by Crippen LogP contribution is 2.32. The summed E-state index contributed by atoms with van der Waals surface area (Å²) in [6.45, 7) is 2.91. The summed E-state index contributed by atoms with van der Waals surface area (Å²) in [5.74, 6) is -0.894. The van der Waals surface area contributed by atoms with Gasteiger partial charge in [-0.05, 0) is 102 Å². The number of hydrogen-bond acceptors (Lipinski definition) is 4. The van der Waals surface area contributed by atoms with Crippen molar-refractivity contribution >= 4 is 33.6 Å². The van der Waals surface area contributed by atoms with Gasteiger partial charge in [0, 0.05) is 34.9 Å². The molecule has 0 saturated heterocycles. The van der Waals surface area contributed by atoms with Crippen molar-refractivity contribution in [3.05, 3.63) is 155 Å². The maximum absolute atomic E-state index is 14.3. The quantitative estimate of drug-likeness (QED) is 0.105. The molecule has 0 aliphatic carbocycles. The molecule has 5 aromatic carbocycles. The number of H-pyrrole nitrogens is 2. The highest BCUT2D eigenvalue weighted by molar-refractivity contribution is 6.02. The molecule has 0 aliphatic heterocycles. The monoisotopic (exact) mass is 690 g/mol. The first kappa shape index (κ1) is 34.4. The van der Waals surface area contributed by atoms with Gasteiger partial charge in [-0.15, -0.1) is 0 Å². The van der Waals surface area contributed by atoms with Crippen LogP contribution in [-0.2, 0) is 13.1 Å².